The highest BCUT2D eigenvalue weighted by molar-refractivity contribution is 5.88. The third-order valence-corrected chi connectivity index (χ3v) is 3.97. The largest absolute Gasteiger partial charge is 0.338 e. The van der Waals surface area contributed by atoms with E-state index in [2.05, 4.69) is 30.7 Å². The fourth-order valence-corrected chi connectivity index (χ4v) is 2.53. The van der Waals surface area contributed by atoms with Crippen molar-refractivity contribution in [3.05, 3.63) is 42.4 Å². The molecule has 3 aromatic heterocycles. The van der Waals surface area contributed by atoms with Gasteiger partial charge in [-0.05, 0) is 13.8 Å². The first-order valence-electron chi connectivity index (χ1n) is 9.05. The van der Waals surface area contributed by atoms with Crippen LogP contribution >= 0.6 is 0 Å². The van der Waals surface area contributed by atoms with Crippen LogP contribution in [0.25, 0.3) is 11.3 Å². The number of nitrogens with one attached hydrogen (secondary N) is 2. The average Bonchev–Trinajstić information content (AvgIpc) is 3.14. The van der Waals surface area contributed by atoms with E-state index in [9.17, 15) is 18.0 Å². The Balaban J connectivity index is 2.03. The third kappa shape index (κ3) is 4.91. The van der Waals surface area contributed by atoms with E-state index in [0.29, 0.717) is 12.5 Å². The maximum atomic E-state index is 14.2. The second-order valence-corrected chi connectivity index (χ2v) is 7.01. The summed E-state index contributed by atoms with van der Waals surface area (Å²) < 4.78 is 43.8. The minimum atomic E-state index is -3.32. The second-order valence-electron chi connectivity index (χ2n) is 7.01. The number of pyridine rings is 1. The topological polar surface area (TPSA) is 97.6 Å². The fourth-order valence-electron chi connectivity index (χ4n) is 2.53. The molecule has 0 spiro atoms. The van der Waals surface area contributed by atoms with Crippen molar-refractivity contribution in [2.45, 2.75) is 39.7 Å². The molecule has 0 saturated carbocycles. The summed E-state index contributed by atoms with van der Waals surface area (Å²) >= 11 is 0. The van der Waals surface area contributed by atoms with Gasteiger partial charge in [0.25, 0.3) is 0 Å². The Morgan fingerprint density at radius 1 is 1.17 bits per heavy atom. The number of hydrogen-bond acceptors (Lipinski definition) is 6. The first kappa shape index (κ1) is 21.2. The van der Waals surface area contributed by atoms with Gasteiger partial charge in [0, 0.05) is 43.8 Å². The Hall–Kier alpha value is -3.50. The number of aromatic nitrogens is 5. The van der Waals surface area contributed by atoms with Gasteiger partial charge in [-0.1, -0.05) is 0 Å². The predicted molar refractivity (Wildman–Crippen MR) is 105 cm³/mol. The van der Waals surface area contributed by atoms with Crippen LogP contribution in [0.15, 0.2) is 30.7 Å². The zero-order valence-corrected chi connectivity index (χ0v) is 16.7. The molecular weight excluding hydrogens is 399 g/mol. The summed E-state index contributed by atoms with van der Waals surface area (Å²) in [5.74, 6) is -5.14. The van der Waals surface area contributed by atoms with E-state index in [0.717, 1.165) is 6.20 Å². The molecule has 0 atom stereocenters. The van der Waals surface area contributed by atoms with E-state index >= 15 is 0 Å². The van der Waals surface area contributed by atoms with Crippen LogP contribution in [0.4, 0.5) is 30.5 Å². The zero-order chi connectivity index (χ0) is 22.1. The van der Waals surface area contributed by atoms with Gasteiger partial charge in [-0.2, -0.15) is 13.9 Å². The summed E-state index contributed by atoms with van der Waals surface area (Å²) in [5, 5.41) is 9.27. The number of alkyl halides is 2. The molecule has 3 rings (SSSR count). The lowest BCUT2D eigenvalue weighted by molar-refractivity contribution is -0.114. The van der Waals surface area contributed by atoms with Gasteiger partial charge in [-0.15, -0.1) is 0 Å². The maximum absolute atomic E-state index is 14.2. The zero-order valence-electron chi connectivity index (χ0n) is 16.7. The summed E-state index contributed by atoms with van der Waals surface area (Å²) in [6.45, 7) is 5.81. The number of carbonyl (C=O) groups is 1. The highest BCUT2D eigenvalue weighted by Crippen LogP contribution is 2.30. The van der Waals surface area contributed by atoms with E-state index in [1.807, 2.05) is 13.8 Å². The van der Waals surface area contributed by atoms with E-state index in [1.165, 1.54) is 25.3 Å². The third-order valence-electron chi connectivity index (χ3n) is 3.97. The number of halogens is 3. The molecule has 0 fully saturated rings. The Kier molecular flexibility index (Phi) is 5.72. The van der Waals surface area contributed by atoms with Crippen LogP contribution in [0, 0.1) is 5.82 Å². The molecule has 1 amide bonds. The van der Waals surface area contributed by atoms with Gasteiger partial charge in [0.05, 0.1) is 23.8 Å². The Bertz CT molecular complexity index is 1080. The van der Waals surface area contributed by atoms with Gasteiger partial charge in [0.1, 0.15) is 11.6 Å². The number of hydrogen-bond donors (Lipinski definition) is 2. The number of anilines is 3. The monoisotopic (exact) mass is 419 g/mol. The average molecular weight is 419 g/mol. The van der Waals surface area contributed by atoms with E-state index in [1.54, 1.807) is 10.9 Å². The standard InChI is InChI=1S/C19H20F3N7O/c1-10(2)29-9-12(7-24-29)14-5-17(28-18(27-14)19(4,21)22)26-15-6-16(25-11(3)30)23-8-13(15)20/h5-10H,1-4H3,(H2,23,25,26,27,28,30). The quantitative estimate of drug-likeness (QED) is 0.619. The minimum absolute atomic E-state index is 0.0484. The van der Waals surface area contributed by atoms with Crippen LogP contribution < -0.4 is 10.6 Å². The van der Waals surface area contributed by atoms with Crippen molar-refractivity contribution in [3.63, 3.8) is 0 Å². The molecule has 3 aromatic rings. The molecule has 0 aliphatic carbocycles. The van der Waals surface area contributed by atoms with Crippen molar-refractivity contribution in [1.82, 2.24) is 24.7 Å². The minimum Gasteiger partial charge on any atom is -0.338 e. The number of rotatable bonds is 6. The van der Waals surface area contributed by atoms with Gasteiger partial charge in [-0.25, -0.2) is 19.3 Å². The molecule has 0 saturated heterocycles. The SMILES string of the molecule is CC(=O)Nc1cc(Nc2cc(-c3cnn(C(C)C)c3)nc(C(C)(F)F)n2)c(F)cn1. The van der Waals surface area contributed by atoms with Gasteiger partial charge in [0.2, 0.25) is 11.7 Å². The van der Waals surface area contributed by atoms with Crippen LogP contribution in [-0.4, -0.2) is 30.6 Å². The highest BCUT2D eigenvalue weighted by atomic mass is 19.3. The molecule has 0 radical (unpaired) electrons. The molecule has 2 N–H and O–H groups in total. The first-order valence-corrected chi connectivity index (χ1v) is 9.05. The Morgan fingerprint density at radius 2 is 1.90 bits per heavy atom. The lowest BCUT2D eigenvalue weighted by Crippen LogP contribution is -2.14. The molecule has 11 heteroatoms. The van der Waals surface area contributed by atoms with Gasteiger partial charge in [0.15, 0.2) is 5.82 Å². The molecule has 158 valence electrons. The lowest BCUT2D eigenvalue weighted by atomic mass is 10.2. The van der Waals surface area contributed by atoms with Gasteiger partial charge < -0.3 is 10.6 Å². The van der Waals surface area contributed by atoms with Crippen LogP contribution in [0.3, 0.4) is 0 Å². The molecule has 0 aromatic carbocycles. The number of carbonyl (C=O) groups excluding carboxylic acids is 1. The van der Waals surface area contributed by atoms with Gasteiger partial charge >= 0.3 is 5.92 Å². The first-order chi connectivity index (χ1) is 14.0. The van der Waals surface area contributed by atoms with Crippen LogP contribution in [0.5, 0.6) is 0 Å². The van der Waals surface area contributed by atoms with E-state index in [4.69, 9.17) is 0 Å². The van der Waals surface area contributed by atoms with Crippen LogP contribution in [0.1, 0.15) is 39.6 Å². The molecule has 0 aliphatic rings. The van der Waals surface area contributed by atoms with Crippen molar-refractivity contribution >= 4 is 23.2 Å². The summed E-state index contributed by atoms with van der Waals surface area (Å²) in [6.07, 6.45) is 4.08. The van der Waals surface area contributed by atoms with Crippen molar-refractivity contribution in [3.8, 4) is 11.3 Å². The molecule has 3 heterocycles. The summed E-state index contributed by atoms with van der Waals surface area (Å²) in [6, 6.07) is 2.72. The fraction of sp³-hybridized carbons (Fsp3) is 0.316. The maximum Gasteiger partial charge on any atom is 0.303 e. The normalized spacial score (nSPS) is 11.6. The van der Waals surface area contributed by atoms with Gasteiger partial charge in [-0.3, -0.25) is 9.48 Å². The number of amides is 1. The highest BCUT2D eigenvalue weighted by Gasteiger charge is 2.29. The van der Waals surface area contributed by atoms with E-state index < -0.39 is 17.6 Å². The van der Waals surface area contributed by atoms with Crippen molar-refractivity contribution in [2.75, 3.05) is 10.6 Å². The molecule has 8 nitrogen and oxygen atoms in total. The summed E-state index contributed by atoms with van der Waals surface area (Å²) in [7, 11) is 0. The molecular formula is C19H20F3N7O. The second kappa shape index (κ2) is 8.09. The molecule has 0 bridgehead atoms. The lowest BCUT2D eigenvalue weighted by Gasteiger charge is -2.14. The van der Waals surface area contributed by atoms with Crippen molar-refractivity contribution in [1.29, 1.82) is 0 Å². The Morgan fingerprint density at radius 3 is 2.50 bits per heavy atom. The molecule has 0 unspecified atom stereocenters. The summed E-state index contributed by atoms with van der Waals surface area (Å²) in [4.78, 5) is 22.7. The summed E-state index contributed by atoms with van der Waals surface area (Å²) in [5.41, 5.74) is 0.614. The Labute approximate surface area is 170 Å². The van der Waals surface area contributed by atoms with E-state index in [-0.39, 0.29) is 35.0 Å². The van der Waals surface area contributed by atoms with Crippen molar-refractivity contribution < 1.29 is 18.0 Å². The van der Waals surface area contributed by atoms with Crippen LogP contribution in [-0.2, 0) is 10.7 Å². The molecule has 30 heavy (non-hydrogen) atoms. The van der Waals surface area contributed by atoms with Crippen LogP contribution in [0.2, 0.25) is 0 Å². The molecule has 0 aliphatic heterocycles. The number of nitrogens with zero attached hydrogens (tertiary/aromatic N) is 5. The smallest absolute Gasteiger partial charge is 0.303 e. The predicted octanol–water partition coefficient (Wildman–Crippen LogP) is 4.27. The van der Waals surface area contributed by atoms with Crippen molar-refractivity contribution in [2.24, 2.45) is 0 Å².